The fourth-order valence-electron chi connectivity index (χ4n) is 1.01. The van der Waals surface area contributed by atoms with Gasteiger partial charge in [0.15, 0.2) is 0 Å². The summed E-state index contributed by atoms with van der Waals surface area (Å²) in [6, 6.07) is 0. The summed E-state index contributed by atoms with van der Waals surface area (Å²) < 4.78 is 0. The zero-order valence-electron chi connectivity index (χ0n) is 7.52. The van der Waals surface area contributed by atoms with Crippen molar-refractivity contribution < 1.29 is 5.11 Å². The Balaban J connectivity index is 3.10. The van der Waals surface area contributed by atoms with Gasteiger partial charge in [0.05, 0.1) is 6.10 Å². The van der Waals surface area contributed by atoms with E-state index in [-0.39, 0.29) is 10.9 Å². The molecule has 0 aromatic heterocycles. The van der Waals surface area contributed by atoms with Crippen LogP contribution in [0.2, 0.25) is 0 Å². The zero-order valence-corrected chi connectivity index (χ0v) is 9.10. The molecule has 0 saturated carbocycles. The smallest absolute Gasteiger partial charge is 0.0662 e. The van der Waals surface area contributed by atoms with Crippen molar-refractivity contribution in [1.82, 2.24) is 0 Å². The molecule has 1 N–H and O–H groups in total. The first-order chi connectivity index (χ1) is 5.18. The molecule has 0 bridgehead atoms. The average molecular weight is 223 g/mol. The second-order valence-electron chi connectivity index (χ2n) is 3.09. The van der Waals surface area contributed by atoms with E-state index in [1.807, 2.05) is 6.92 Å². The molecule has 2 heteroatoms. The van der Waals surface area contributed by atoms with Crippen molar-refractivity contribution in [3.63, 3.8) is 0 Å². The Morgan fingerprint density at radius 1 is 1.27 bits per heavy atom. The standard InChI is InChI=1S/C9H19BrO/c1-3-4-5-6-7-9(11)8(2)10/h8-9,11H,3-7H2,1-2H3. The first kappa shape index (κ1) is 11.4. The lowest BCUT2D eigenvalue weighted by molar-refractivity contribution is 0.164. The molecule has 0 radical (unpaired) electrons. The second kappa shape index (κ2) is 7.11. The van der Waals surface area contributed by atoms with Gasteiger partial charge in [-0.3, -0.25) is 0 Å². The molecule has 2 unspecified atom stereocenters. The summed E-state index contributed by atoms with van der Waals surface area (Å²) in [5.74, 6) is 0. The molecule has 0 fully saturated rings. The number of halogens is 1. The van der Waals surface area contributed by atoms with E-state index in [1.165, 1.54) is 19.3 Å². The third kappa shape index (κ3) is 6.82. The number of alkyl halides is 1. The predicted molar refractivity (Wildman–Crippen MR) is 53.2 cm³/mol. The van der Waals surface area contributed by atoms with Crippen LogP contribution in [-0.4, -0.2) is 16.0 Å². The quantitative estimate of drug-likeness (QED) is 0.541. The van der Waals surface area contributed by atoms with Crippen LogP contribution in [0.1, 0.15) is 46.0 Å². The van der Waals surface area contributed by atoms with Gasteiger partial charge in [0.2, 0.25) is 0 Å². The number of hydrogen-bond acceptors (Lipinski definition) is 1. The molecule has 68 valence electrons. The van der Waals surface area contributed by atoms with E-state index in [2.05, 4.69) is 22.9 Å². The van der Waals surface area contributed by atoms with Gasteiger partial charge in [0, 0.05) is 4.83 Å². The molecule has 2 atom stereocenters. The molecule has 0 aromatic carbocycles. The minimum atomic E-state index is -0.160. The summed E-state index contributed by atoms with van der Waals surface area (Å²) in [4.78, 5) is 0.240. The van der Waals surface area contributed by atoms with Gasteiger partial charge >= 0.3 is 0 Å². The molecule has 0 aliphatic rings. The number of unbranched alkanes of at least 4 members (excludes halogenated alkanes) is 3. The molecular weight excluding hydrogens is 204 g/mol. The van der Waals surface area contributed by atoms with Crippen LogP contribution in [0.3, 0.4) is 0 Å². The van der Waals surface area contributed by atoms with Crippen LogP contribution in [0, 0.1) is 0 Å². The van der Waals surface area contributed by atoms with Crippen LogP contribution in [0.15, 0.2) is 0 Å². The highest BCUT2D eigenvalue weighted by molar-refractivity contribution is 9.09. The van der Waals surface area contributed by atoms with Crippen LogP contribution in [-0.2, 0) is 0 Å². The Morgan fingerprint density at radius 2 is 1.91 bits per heavy atom. The predicted octanol–water partition coefficient (Wildman–Crippen LogP) is 3.10. The monoisotopic (exact) mass is 222 g/mol. The van der Waals surface area contributed by atoms with E-state index in [9.17, 15) is 5.11 Å². The first-order valence-corrected chi connectivity index (χ1v) is 5.42. The molecule has 11 heavy (non-hydrogen) atoms. The molecule has 0 spiro atoms. The van der Waals surface area contributed by atoms with E-state index in [0.717, 1.165) is 12.8 Å². The van der Waals surface area contributed by atoms with E-state index < -0.39 is 0 Å². The number of aliphatic hydroxyl groups is 1. The average Bonchev–Trinajstić information content (AvgIpc) is 1.97. The highest BCUT2D eigenvalue weighted by Crippen LogP contribution is 2.12. The van der Waals surface area contributed by atoms with Crippen molar-refractivity contribution in [2.45, 2.75) is 56.9 Å². The molecule has 0 saturated heterocycles. The van der Waals surface area contributed by atoms with Crippen LogP contribution < -0.4 is 0 Å². The van der Waals surface area contributed by atoms with Crippen LogP contribution in [0.25, 0.3) is 0 Å². The van der Waals surface area contributed by atoms with Crippen molar-refractivity contribution in [2.24, 2.45) is 0 Å². The number of hydrogen-bond donors (Lipinski definition) is 1. The highest BCUT2D eigenvalue weighted by Gasteiger charge is 2.08. The van der Waals surface area contributed by atoms with Gasteiger partial charge in [-0.05, 0) is 6.42 Å². The minimum absolute atomic E-state index is 0.160. The maximum Gasteiger partial charge on any atom is 0.0662 e. The van der Waals surface area contributed by atoms with Crippen molar-refractivity contribution in [3.05, 3.63) is 0 Å². The fourth-order valence-corrected chi connectivity index (χ4v) is 1.27. The lowest BCUT2D eigenvalue weighted by Gasteiger charge is -2.11. The van der Waals surface area contributed by atoms with Crippen molar-refractivity contribution in [2.75, 3.05) is 0 Å². The van der Waals surface area contributed by atoms with Crippen LogP contribution in [0.5, 0.6) is 0 Å². The van der Waals surface area contributed by atoms with Gasteiger partial charge in [-0.2, -0.15) is 0 Å². The lowest BCUT2D eigenvalue weighted by Crippen LogP contribution is -2.16. The third-order valence-corrected chi connectivity index (χ3v) is 2.49. The summed E-state index contributed by atoms with van der Waals surface area (Å²) >= 11 is 3.36. The van der Waals surface area contributed by atoms with Crippen molar-refractivity contribution >= 4 is 15.9 Å². The second-order valence-corrected chi connectivity index (χ2v) is 4.54. The Hall–Kier alpha value is 0.440. The Labute approximate surface area is 78.3 Å². The summed E-state index contributed by atoms with van der Waals surface area (Å²) in [5, 5.41) is 9.38. The summed E-state index contributed by atoms with van der Waals surface area (Å²) in [7, 11) is 0. The third-order valence-electron chi connectivity index (χ3n) is 1.88. The maximum atomic E-state index is 9.38. The lowest BCUT2D eigenvalue weighted by atomic mass is 10.1. The van der Waals surface area contributed by atoms with Crippen molar-refractivity contribution in [1.29, 1.82) is 0 Å². The van der Waals surface area contributed by atoms with E-state index in [0.29, 0.717) is 0 Å². The van der Waals surface area contributed by atoms with E-state index in [4.69, 9.17) is 0 Å². The van der Waals surface area contributed by atoms with Gasteiger partial charge in [-0.1, -0.05) is 55.5 Å². The SMILES string of the molecule is CCCCCCC(O)C(C)Br. The van der Waals surface area contributed by atoms with Crippen LogP contribution >= 0.6 is 15.9 Å². The van der Waals surface area contributed by atoms with E-state index in [1.54, 1.807) is 0 Å². The molecule has 0 aliphatic heterocycles. The van der Waals surface area contributed by atoms with Gasteiger partial charge < -0.3 is 5.11 Å². The normalized spacial score (nSPS) is 16.4. The van der Waals surface area contributed by atoms with Gasteiger partial charge in [-0.15, -0.1) is 0 Å². The van der Waals surface area contributed by atoms with E-state index >= 15 is 0 Å². The summed E-state index contributed by atoms with van der Waals surface area (Å²) in [6.07, 6.45) is 5.75. The highest BCUT2D eigenvalue weighted by atomic mass is 79.9. The van der Waals surface area contributed by atoms with Gasteiger partial charge in [-0.25, -0.2) is 0 Å². The fraction of sp³-hybridized carbons (Fsp3) is 1.00. The van der Waals surface area contributed by atoms with Crippen molar-refractivity contribution in [3.8, 4) is 0 Å². The summed E-state index contributed by atoms with van der Waals surface area (Å²) in [5.41, 5.74) is 0. The molecule has 0 aromatic rings. The molecule has 1 nitrogen and oxygen atoms in total. The van der Waals surface area contributed by atoms with Gasteiger partial charge in [0.1, 0.15) is 0 Å². The Bertz CT molecular complexity index is 83.6. The molecule has 0 aliphatic carbocycles. The van der Waals surface area contributed by atoms with Gasteiger partial charge in [0.25, 0.3) is 0 Å². The minimum Gasteiger partial charge on any atom is -0.392 e. The molecule has 0 heterocycles. The Kier molecular flexibility index (Phi) is 7.39. The molecule has 0 rings (SSSR count). The number of rotatable bonds is 6. The number of aliphatic hydroxyl groups excluding tert-OH is 1. The van der Waals surface area contributed by atoms with Crippen LogP contribution in [0.4, 0.5) is 0 Å². The topological polar surface area (TPSA) is 20.2 Å². The molecule has 0 amide bonds. The first-order valence-electron chi connectivity index (χ1n) is 4.50. The Morgan fingerprint density at radius 3 is 2.36 bits per heavy atom. The maximum absolute atomic E-state index is 9.38. The zero-order chi connectivity index (χ0) is 8.69. The summed E-state index contributed by atoms with van der Waals surface area (Å²) in [6.45, 7) is 4.19. The largest absolute Gasteiger partial charge is 0.392 e. The molecular formula is C9H19BrO.